The lowest BCUT2D eigenvalue weighted by atomic mass is 10.2. The molecule has 6 heteroatoms. The van der Waals surface area contributed by atoms with Crippen molar-refractivity contribution in [1.82, 2.24) is 5.32 Å². The number of carboxylic acid groups (broad SMARTS) is 1. The third-order valence-corrected chi connectivity index (χ3v) is 4.25. The molecule has 0 bridgehead atoms. The second-order valence-corrected chi connectivity index (χ2v) is 5.87. The van der Waals surface area contributed by atoms with Crippen LogP contribution >= 0.6 is 11.3 Å². The fourth-order valence-corrected chi connectivity index (χ4v) is 2.93. The van der Waals surface area contributed by atoms with E-state index < -0.39 is 18.0 Å². The van der Waals surface area contributed by atoms with Crippen LogP contribution in [0.3, 0.4) is 0 Å². The van der Waals surface area contributed by atoms with Gasteiger partial charge in [-0.1, -0.05) is 0 Å². The largest absolute Gasteiger partial charge is 0.480 e. The number of aliphatic carboxylic acids is 1. The van der Waals surface area contributed by atoms with Crippen LogP contribution < -0.4 is 10.6 Å². The summed E-state index contributed by atoms with van der Waals surface area (Å²) in [5, 5.41) is 17.3. The van der Waals surface area contributed by atoms with E-state index in [-0.39, 0.29) is 5.92 Å². The van der Waals surface area contributed by atoms with Gasteiger partial charge in [-0.25, -0.2) is 9.59 Å². The van der Waals surface area contributed by atoms with Gasteiger partial charge in [0.25, 0.3) is 0 Å². The highest BCUT2D eigenvalue weighted by molar-refractivity contribution is 7.17. The molecule has 2 aromatic rings. The Morgan fingerprint density at radius 2 is 2.10 bits per heavy atom. The standard InChI is InChI=1S/C14H14N2O3S/c17-13(18)12(8-1-2-8)16-14(19)15-10-3-4-11-9(7-10)5-6-20-11/h3-8,12H,1-2H2,(H,17,18)(H2,15,16,19). The Hall–Kier alpha value is -2.08. The summed E-state index contributed by atoms with van der Waals surface area (Å²) in [6.07, 6.45) is 1.72. The summed E-state index contributed by atoms with van der Waals surface area (Å²) in [4.78, 5) is 22.9. The van der Waals surface area contributed by atoms with E-state index in [2.05, 4.69) is 10.6 Å². The van der Waals surface area contributed by atoms with E-state index >= 15 is 0 Å². The molecule has 0 aliphatic heterocycles. The van der Waals surface area contributed by atoms with Gasteiger partial charge in [0.1, 0.15) is 6.04 Å². The van der Waals surface area contributed by atoms with Crippen LogP contribution in [0.1, 0.15) is 12.8 Å². The molecule has 1 fully saturated rings. The lowest BCUT2D eigenvalue weighted by Gasteiger charge is -2.14. The lowest BCUT2D eigenvalue weighted by Crippen LogP contribution is -2.44. The molecule has 3 rings (SSSR count). The predicted octanol–water partition coefficient (Wildman–Crippen LogP) is 2.89. The topological polar surface area (TPSA) is 78.4 Å². The van der Waals surface area contributed by atoms with Crippen molar-refractivity contribution in [3.8, 4) is 0 Å². The van der Waals surface area contributed by atoms with Gasteiger partial charge in [-0.3, -0.25) is 0 Å². The molecule has 0 saturated heterocycles. The molecule has 1 aromatic carbocycles. The van der Waals surface area contributed by atoms with E-state index in [1.807, 2.05) is 29.6 Å². The highest BCUT2D eigenvalue weighted by Crippen LogP contribution is 2.32. The van der Waals surface area contributed by atoms with Gasteiger partial charge >= 0.3 is 12.0 Å². The zero-order valence-electron chi connectivity index (χ0n) is 10.6. The van der Waals surface area contributed by atoms with Crippen molar-refractivity contribution in [2.24, 2.45) is 5.92 Å². The van der Waals surface area contributed by atoms with Crippen molar-refractivity contribution in [2.75, 3.05) is 5.32 Å². The number of carbonyl (C=O) groups is 2. The van der Waals surface area contributed by atoms with E-state index in [9.17, 15) is 9.59 Å². The number of carboxylic acids is 1. The number of anilines is 1. The molecule has 1 saturated carbocycles. The maximum Gasteiger partial charge on any atom is 0.326 e. The number of rotatable bonds is 4. The molecule has 104 valence electrons. The minimum atomic E-state index is -0.976. The molecular formula is C14H14N2O3S. The van der Waals surface area contributed by atoms with Crippen molar-refractivity contribution in [2.45, 2.75) is 18.9 Å². The van der Waals surface area contributed by atoms with Crippen molar-refractivity contribution < 1.29 is 14.7 Å². The average molecular weight is 290 g/mol. The zero-order chi connectivity index (χ0) is 14.1. The number of carbonyl (C=O) groups excluding carboxylic acids is 1. The van der Waals surface area contributed by atoms with Crippen LogP contribution in [0, 0.1) is 5.92 Å². The van der Waals surface area contributed by atoms with Crippen molar-refractivity contribution in [1.29, 1.82) is 0 Å². The molecule has 3 N–H and O–H groups in total. The molecule has 1 aliphatic carbocycles. The molecule has 1 aliphatic rings. The molecule has 2 amide bonds. The number of hydrogen-bond acceptors (Lipinski definition) is 3. The quantitative estimate of drug-likeness (QED) is 0.810. The van der Waals surface area contributed by atoms with Crippen LogP contribution in [-0.2, 0) is 4.79 Å². The highest BCUT2D eigenvalue weighted by atomic mass is 32.1. The van der Waals surface area contributed by atoms with Gasteiger partial charge in [0, 0.05) is 10.4 Å². The fraction of sp³-hybridized carbons (Fsp3) is 0.286. The number of hydrogen-bond donors (Lipinski definition) is 3. The number of thiophene rings is 1. The Labute approximate surface area is 119 Å². The van der Waals surface area contributed by atoms with Gasteiger partial charge in [-0.05, 0) is 53.8 Å². The van der Waals surface area contributed by atoms with Gasteiger partial charge in [0.2, 0.25) is 0 Å². The van der Waals surface area contributed by atoms with Gasteiger partial charge in [-0.15, -0.1) is 11.3 Å². The summed E-state index contributed by atoms with van der Waals surface area (Å²) in [6.45, 7) is 0. The van der Waals surface area contributed by atoms with Crippen LogP contribution in [0.25, 0.3) is 10.1 Å². The van der Waals surface area contributed by atoms with E-state index in [0.29, 0.717) is 5.69 Å². The molecule has 0 spiro atoms. The van der Waals surface area contributed by atoms with Crippen LogP contribution in [0.15, 0.2) is 29.6 Å². The van der Waals surface area contributed by atoms with E-state index in [4.69, 9.17) is 5.11 Å². The maximum atomic E-state index is 11.9. The van der Waals surface area contributed by atoms with Gasteiger partial charge in [0.15, 0.2) is 0 Å². The third kappa shape index (κ3) is 2.75. The van der Waals surface area contributed by atoms with Crippen molar-refractivity contribution >= 4 is 39.1 Å². The number of nitrogens with one attached hydrogen (secondary N) is 2. The number of urea groups is 1. The Morgan fingerprint density at radius 1 is 1.30 bits per heavy atom. The van der Waals surface area contributed by atoms with Gasteiger partial charge < -0.3 is 15.7 Å². The van der Waals surface area contributed by atoms with Crippen LogP contribution in [0.4, 0.5) is 10.5 Å². The third-order valence-electron chi connectivity index (χ3n) is 3.36. The first-order valence-corrected chi connectivity index (χ1v) is 7.29. The smallest absolute Gasteiger partial charge is 0.326 e. The molecular weight excluding hydrogens is 276 g/mol. The first kappa shape index (κ1) is 12.9. The van der Waals surface area contributed by atoms with E-state index in [1.54, 1.807) is 11.3 Å². The molecule has 0 radical (unpaired) electrons. The monoisotopic (exact) mass is 290 g/mol. The number of fused-ring (bicyclic) bond motifs is 1. The van der Waals surface area contributed by atoms with Crippen LogP contribution in [0.5, 0.6) is 0 Å². The normalized spacial score (nSPS) is 15.8. The average Bonchev–Trinajstić information content (AvgIpc) is 3.13. The Kier molecular flexibility index (Phi) is 3.31. The molecule has 1 atom stereocenters. The summed E-state index contributed by atoms with van der Waals surface area (Å²) in [6, 6.07) is 6.33. The summed E-state index contributed by atoms with van der Waals surface area (Å²) in [5.41, 5.74) is 0.660. The molecule has 1 heterocycles. The summed E-state index contributed by atoms with van der Waals surface area (Å²) in [5.74, 6) is -0.909. The number of amides is 2. The second kappa shape index (κ2) is 5.13. The highest BCUT2D eigenvalue weighted by Gasteiger charge is 2.37. The minimum Gasteiger partial charge on any atom is -0.480 e. The Balaban J connectivity index is 1.66. The Bertz CT molecular complexity index is 663. The maximum absolute atomic E-state index is 11.9. The summed E-state index contributed by atoms with van der Waals surface area (Å²) >= 11 is 1.64. The SMILES string of the molecule is O=C(Nc1ccc2sccc2c1)NC(C(=O)O)C1CC1. The predicted molar refractivity (Wildman–Crippen MR) is 78.1 cm³/mol. The Morgan fingerprint density at radius 3 is 2.80 bits per heavy atom. The fourth-order valence-electron chi connectivity index (χ4n) is 2.16. The van der Waals surface area contributed by atoms with E-state index in [1.165, 1.54) is 0 Å². The van der Waals surface area contributed by atoms with Crippen molar-refractivity contribution in [3.05, 3.63) is 29.6 Å². The van der Waals surface area contributed by atoms with Crippen LogP contribution in [0.2, 0.25) is 0 Å². The second-order valence-electron chi connectivity index (χ2n) is 4.93. The lowest BCUT2D eigenvalue weighted by molar-refractivity contribution is -0.139. The summed E-state index contributed by atoms with van der Waals surface area (Å²) in [7, 11) is 0. The van der Waals surface area contributed by atoms with Crippen molar-refractivity contribution in [3.63, 3.8) is 0 Å². The molecule has 20 heavy (non-hydrogen) atoms. The minimum absolute atomic E-state index is 0.0672. The van der Waals surface area contributed by atoms with Crippen LogP contribution in [-0.4, -0.2) is 23.1 Å². The molecule has 1 aromatic heterocycles. The summed E-state index contributed by atoms with van der Waals surface area (Å²) < 4.78 is 1.15. The molecule has 5 nitrogen and oxygen atoms in total. The first-order chi connectivity index (χ1) is 9.63. The number of benzene rings is 1. The van der Waals surface area contributed by atoms with E-state index in [0.717, 1.165) is 22.9 Å². The zero-order valence-corrected chi connectivity index (χ0v) is 11.4. The van der Waals surface area contributed by atoms with Gasteiger partial charge in [0.05, 0.1) is 0 Å². The first-order valence-electron chi connectivity index (χ1n) is 6.41. The molecule has 1 unspecified atom stereocenters. The van der Waals surface area contributed by atoms with Gasteiger partial charge in [-0.2, -0.15) is 0 Å².